The molecule has 0 aliphatic carbocycles. The largest absolute Gasteiger partial charge is 0.359 e. The van der Waals surface area contributed by atoms with Crippen molar-refractivity contribution in [2.75, 3.05) is 19.4 Å². The van der Waals surface area contributed by atoms with Crippen LogP contribution < -0.4 is 5.32 Å². The van der Waals surface area contributed by atoms with E-state index in [1.54, 1.807) is 19.0 Å². The van der Waals surface area contributed by atoms with E-state index in [1.807, 2.05) is 0 Å². The van der Waals surface area contributed by atoms with Crippen molar-refractivity contribution in [1.29, 1.82) is 0 Å². The maximum absolute atomic E-state index is 10.3. The number of aromatic nitrogens is 1. The highest BCUT2D eigenvalue weighted by Gasteiger charge is 2.07. The van der Waals surface area contributed by atoms with Crippen LogP contribution in [0.2, 0.25) is 4.47 Å². The van der Waals surface area contributed by atoms with Gasteiger partial charge in [-0.2, -0.15) is 0 Å². The minimum absolute atomic E-state index is 0.361. The number of hydrogen-bond donors (Lipinski definition) is 1. The highest BCUT2D eigenvalue weighted by atomic mass is 35.5. The Labute approximate surface area is 95.3 Å². The van der Waals surface area contributed by atoms with Crippen LogP contribution in [0.4, 0.5) is 5.00 Å². The Balaban J connectivity index is 2.80. The molecule has 0 aromatic carbocycles. The van der Waals surface area contributed by atoms with Crippen LogP contribution in [0.1, 0.15) is 0 Å². The van der Waals surface area contributed by atoms with Crippen LogP contribution in [0, 0.1) is 10.1 Å². The normalized spacial score (nSPS) is 11.3. The van der Waals surface area contributed by atoms with Crippen LogP contribution in [0.25, 0.3) is 0 Å². The van der Waals surface area contributed by atoms with Crippen molar-refractivity contribution < 1.29 is 4.92 Å². The predicted molar refractivity (Wildman–Crippen MR) is 59.5 cm³/mol. The van der Waals surface area contributed by atoms with E-state index in [-0.39, 0.29) is 0 Å². The number of thiazole rings is 1. The Morgan fingerprint density at radius 3 is 2.87 bits per heavy atom. The highest BCUT2D eigenvalue weighted by molar-refractivity contribution is 7.19. The minimum atomic E-state index is -0.523. The molecule has 0 saturated carbocycles. The van der Waals surface area contributed by atoms with Gasteiger partial charge < -0.3 is 10.2 Å². The number of halogens is 1. The number of nitrogens with one attached hydrogen (secondary N) is 1. The van der Waals surface area contributed by atoms with Gasteiger partial charge in [-0.15, -0.1) is 0 Å². The molecular weight excluding hydrogens is 240 g/mol. The lowest BCUT2D eigenvalue weighted by atomic mass is 10.6. The molecule has 0 atom stereocenters. The SMILES string of the molecule is CN(C)C(=C[N+](=O)[O-])Nc1cnc(Cl)s1. The van der Waals surface area contributed by atoms with E-state index in [0.717, 1.165) is 6.20 Å². The second-order valence-corrected chi connectivity index (χ2v) is 4.41. The molecule has 1 N–H and O–H groups in total. The topological polar surface area (TPSA) is 71.3 Å². The summed E-state index contributed by atoms with van der Waals surface area (Å²) in [5.74, 6) is 0.361. The summed E-state index contributed by atoms with van der Waals surface area (Å²) in [6.45, 7) is 0. The maximum atomic E-state index is 10.3. The van der Waals surface area contributed by atoms with E-state index in [4.69, 9.17) is 11.6 Å². The summed E-state index contributed by atoms with van der Waals surface area (Å²) in [5, 5.41) is 13.8. The fourth-order valence-electron chi connectivity index (χ4n) is 0.796. The van der Waals surface area contributed by atoms with Gasteiger partial charge in [-0.25, -0.2) is 4.98 Å². The zero-order valence-electron chi connectivity index (χ0n) is 8.10. The average molecular weight is 249 g/mol. The summed E-state index contributed by atoms with van der Waals surface area (Å²) in [6, 6.07) is 0. The first-order valence-corrected chi connectivity index (χ1v) is 5.09. The van der Waals surface area contributed by atoms with E-state index in [0.29, 0.717) is 15.3 Å². The molecule has 1 rings (SSSR count). The molecular formula is C7H9ClN4O2S. The second kappa shape index (κ2) is 4.94. The fraction of sp³-hybridized carbons (Fsp3) is 0.286. The monoisotopic (exact) mass is 248 g/mol. The van der Waals surface area contributed by atoms with Crippen molar-refractivity contribution in [2.24, 2.45) is 0 Å². The first-order chi connectivity index (χ1) is 6.99. The molecule has 0 unspecified atom stereocenters. The molecule has 0 saturated heterocycles. The molecule has 0 spiro atoms. The van der Waals surface area contributed by atoms with Gasteiger partial charge in [-0.3, -0.25) is 10.1 Å². The van der Waals surface area contributed by atoms with Gasteiger partial charge in [0.15, 0.2) is 10.3 Å². The predicted octanol–water partition coefficient (Wildman–Crippen LogP) is 1.85. The summed E-state index contributed by atoms with van der Waals surface area (Å²) in [5.41, 5.74) is 0. The first-order valence-electron chi connectivity index (χ1n) is 3.90. The molecule has 0 aliphatic heterocycles. The highest BCUT2D eigenvalue weighted by Crippen LogP contribution is 2.24. The molecule has 1 heterocycles. The van der Waals surface area contributed by atoms with Crippen LogP contribution in [-0.2, 0) is 0 Å². The van der Waals surface area contributed by atoms with Gasteiger partial charge in [0.1, 0.15) is 5.00 Å². The van der Waals surface area contributed by atoms with Crippen LogP contribution in [0.5, 0.6) is 0 Å². The smallest absolute Gasteiger partial charge is 0.274 e. The zero-order valence-corrected chi connectivity index (χ0v) is 9.67. The maximum Gasteiger partial charge on any atom is 0.274 e. The lowest BCUT2D eigenvalue weighted by molar-refractivity contribution is -0.404. The standard InChI is InChI=1S/C7H9ClN4O2S/c1-11(2)5(4-12(13)14)10-6-3-9-7(8)15-6/h3-4,10H,1-2H3. The number of nitro groups is 1. The van der Waals surface area contributed by atoms with E-state index in [9.17, 15) is 10.1 Å². The number of rotatable bonds is 4. The van der Waals surface area contributed by atoms with Gasteiger partial charge >= 0.3 is 0 Å². The van der Waals surface area contributed by atoms with Gasteiger partial charge in [-0.1, -0.05) is 22.9 Å². The fourth-order valence-corrected chi connectivity index (χ4v) is 1.64. The number of anilines is 1. The molecule has 0 bridgehead atoms. The van der Waals surface area contributed by atoms with Crippen LogP contribution in [0.3, 0.4) is 0 Å². The Bertz CT molecular complexity index is 390. The molecule has 6 nitrogen and oxygen atoms in total. The third-order valence-corrected chi connectivity index (χ3v) is 2.47. The molecule has 8 heteroatoms. The molecule has 82 valence electrons. The van der Waals surface area contributed by atoms with Gasteiger partial charge in [0.2, 0.25) is 0 Å². The Morgan fingerprint density at radius 1 is 1.80 bits per heavy atom. The first kappa shape index (κ1) is 11.7. The lowest BCUT2D eigenvalue weighted by Crippen LogP contribution is -2.19. The number of nitrogens with zero attached hydrogens (tertiary/aromatic N) is 3. The third kappa shape index (κ3) is 3.72. The lowest BCUT2D eigenvalue weighted by Gasteiger charge is -2.14. The van der Waals surface area contributed by atoms with Crippen molar-refractivity contribution in [2.45, 2.75) is 0 Å². The molecule has 0 fully saturated rings. The summed E-state index contributed by atoms with van der Waals surface area (Å²) < 4.78 is 0.386. The Kier molecular flexibility index (Phi) is 3.87. The summed E-state index contributed by atoms with van der Waals surface area (Å²) in [6.07, 6.45) is 2.40. The molecule has 0 radical (unpaired) electrons. The van der Waals surface area contributed by atoms with Gasteiger partial charge in [0.25, 0.3) is 6.20 Å². The zero-order chi connectivity index (χ0) is 11.4. The van der Waals surface area contributed by atoms with E-state index >= 15 is 0 Å². The Morgan fingerprint density at radius 2 is 2.47 bits per heavy atom. The van der Waals surface area contributed by atoms with Gasteiger partial charge in [0.05, 0.1) is 11.1 Å². The molecule has 1 aromatic rings. The van der Waals surface area contributed by atoms with Crippen LogP contribution in [0.15, 0.2) is 18.2 Å². The van der Waals surface area contributed by atoms with E-state index in [1.165, 1.54) is 17.5 Å². The van der Waals surface area contributed by atoms with E-state index < -0.39 is 4.92 Å². The molecule has 1 aromatic heterocycles. The minimum Gasteiger partial charge on any atom is -0.359 e. The van der Waals surface area contributed by atoms with Gasteiger partial charge in [0, 0.05) is 14.1 Å². The van der Waals surface area contributed by atoms with E-state index in [2.05, 4.69) is 10.3 Å². The van der Waals surface area contributed by atoms with Crippen molar-refractivity contribution in [3.8, 4) is 0 Å². The third-order valence-electron chi connectivity index (χ3n) is 1.44. The number of hydrogen-bond acceptors (Lipinski definition) is 6. The van der Waals surface area contributed by atoms with Crippen molar-refractivity contribution in [3.05, 3.63) is 32.8 Å². The van der Waals surface area contributed by atoms with Crippen LogP contribution >= 0.6 is 22.9 Å². The average Bonchev–Trinajstić information content (AvgIpc) is 2.49. The summed E-state index contributed by atoms with van der Waals surface area (Å²) >= 11 is 6.84. The molecule has 0 amide bonds. The molecule has 0 aliphatic rings. The Hall–Kier alpha value is -1.34. The molecule has 15 heavy (non-hydrogen) atoms. The van der Waals surface area contributed by atoms with Gasteiger partial charge in [-0.05, 0) is 0 Å². The van der Waals surface area contributed by atoms with Crippen molar-refractivity contribution >= 4 is 27.9 Å². The summed E-state index contributed by atoms with van der Waals surface area (Å²) in [7, 11) is 3.40. The second-order valence-electron chi connectivity index (χ2n) is 2.80. The summed E-state index contributed by atoms with van der Waals surface area (Å²) in [4.78, 5) is 15.2. The van der Waals surface area contributed by atoms with Crippen LogP contribution in [-0.4, -0.2) is 28.9 Å². The quantitative estimate of drug-likeness (QED) is 0.650. The van der Waals surface area contributed by atoms with Crippen molar-refractivity contribution in [1.82, 2.24) is 9.88 Å². The van der Waals surface area contributed by atoms with Crippen molar-refractivity contribution in [3.63, 3.8) is 0 Å².